The third-order valence-corrected chi connectivity index (χ3v) is 8.52. The third-order valence-electron chi connectivity index (χ3n) is 8.52. The molecule has 2 aliphatic rings. The Morgan fingerprint density at radius 1 is 0.902 bits per heavy atom. The Balaban J connectivity index is 1.14. The first-order chi connectivity index (χ1) is 20.1. The molecule has 0 spiro atoms. The molecule has 2 heterocycles. The lowest BCUT2D eigenvalue weighted by molar-refractivity contribution is -0.131. The highest BCUT2D eigenvalue weighted by Crippen LogP contribution is 2.20. The highest BCUT2D eigenvalue weighted by atomic mass is 16.2. The summed E-state index contributed by atoms with van der Waals surface area (Å²) >= 11 is 0. The fourth-order valence-electron chi connectivity index (χ4n) is 6.06. The van der Waals surface area contributed by atoms with Crippen LogP contribution in [0.2, 0.25) is 0 Å². The maximum absolute atomic E-state index is 12.3. The molecule has 0 atom stereocenters. The van der Waals surface area contributed by atoms with Gasteiger partial charge in [0.25, 0.3) is 0 Å². The van der Waals surface area contributed by atoms with Crippen molar-refractivity contribution in [1.29, 1.82) is 0 Å². The lowest BCUT2D eigenvalue weighted by Gasteiger charge is -2.23. The van der Waals surface area contributed by atoms with Gasteiger partial charge in [-0.15, -0.1) is 0 Å². The van der Waals surface area contributed by atoms with Gasteiger partial charge in [0, 0.05) is 51.3 Å². The van der Waals surface area contributed by atoms with Crippen molar-refractivity contribution in [3.05, 3.63) is 41.5 Å². The smallest absolute Gasteiger partial charge is 0.226 e. The molecule has 4 N–H and O–H groups in total. The van der Waals surface area contributed by atoms with Crippen LogP contribution in [0, 0.1) is 0 Å². The number of aromatic nitrogens is 2. The Hall–Kier alpha value is -2.87. The average Bonchev–Trinajstić information content (AvgIpc) is 3.25. The number of anilines is 3. The minimum atomic E-state index is 0.248. The number of carbonyl (C=O) groups excluding carboxylic acids is 1. The average molecular weight is 564 g/mol. The quantitative estimate of drug-likeness (QED) is 0.231. The van der Waals surface area contributed by atoms with Crippen molar-refractivity contribution in [2.75, 3.05) is 48.7 Å². The zero-order valence-electron chi connectivity index (χ0n) is 25.4. The predicted octanol–water partition coefficient (Wildman–Crippen LogP) is 5.93. The van der Waals surface area contributed by atoms with Gasteiger partial charge in [0.2, 0.25) is 11.9 Å². The monoisotopic (exact) mass is 563 g/mol. The van der Waals surface area contributed by atoms with E-state index in [4.69, 9.17) is 10.7 Å². The standard InChI is InChI=1S/C33H53N7O/c1-2-12-32(41)40-22-11-21-39(23-24-40)31-25-30(34)37-33(38-31)36-26-28-18-16-27(17-19-28)13-7-4-3-5-10-20-35-29-14-8-6-9-15-29/h16-19,25,29,35H,2-15,20-24,26H2,1H3,(H3,34,36,37,38). The minimum Gasteiger partial charge on any atom is -0.383 e. The Labute approximate surface area is 247 Å². The van der Waals surface area contributed by atoms with Crippen LogP contribution in [0.1, 0.15) is 102 Å². The summed E-state index contributed by atoms with van der Waals surface area (Å²) in [7, 11) is 0. The van der Waals surface area contributed by atoms with Crippen molar-refractivity contribution in [2.45, 2.75) is 109 Å². The summed E-state index contributed by atoms with van der Waals surface area (Å²) < 4.78 is 0. The van der Waals surface area contributed by atoms with Gasteiger partial charge in [-0.25, -0.2) is 0 Å². The molecular formula is C33H53N7O. The fraction of sp³-hybridized carbons (Fsp3) is 0.667. The zero-order valence-corrected chi connectivity index (χ0v) is 25.4. The van der Waals surface area contributed by atoms with Gasteiger partial charge in [-0.05, 0) is 62.6 Å². The number of nitrogens with two attached hydrogens (primary N) is 1. The number of carbonyl (C=O) groups is 1. The van der Waals surface area contributed by atoms with Crippen LogP contribution in [0.3, 0.4) is 0 Å². The lowest BCUT2D eigenvalue weighted by atomic mass is 9.95. The summed E-state index contributed by atoms with van der Waals surface area (Å²) in [6.45, 7) is 7.02. The van der Waals surface area contributed by atoms with E-state index in [0.29, 0.717) is 24.7 Å². The minimum absolute atomic E-state index is 0.248. The van der Waals surface area contributed by atoms with Gasteiger partial charge in [-0.1, -0.05) is 69.7 Å². The van der Waals surface area contributed by atoms with Crippen molar-refractivity contribution < 1.29 is 4.79 Å². The van der Waals surface area contributed by atoms with Gasteiger partial charge in [-0.3, -0.25) is 4.79 Å². The number of nitrogen functional groups attached to an aromatic ring is 1. The number of hydrogen-bond acceptors (Lipinski definition) is 7. The van der Waals surface area contributed by atoms with Crippen molar-refractivity contribution in [3.8, 4) is 0 Å². The molecule has 8 heteroatoms. The summed E-state index contributed by atoms with van der Waals surface area (Å²) in [5.41, 5.74) is 8.75. The molecule has 4 rings (SSSR count). The van der Waals surface area contributed by atoms with Gasteiger partial charge in [0.15, 0.2) is 0 Å². The Morgan fingerprint density at radius 3 is 2.46 bits per heavy atom. The number of rotatable bonds is 15. The number of amides is 1. The van der Waals surface area contributed by atoms with Crippen LogP contribution < -0.4 is 21.3 Å². The number of unbranched alkanes of at least 4 members (excludes halogenated alkanes) is 4. The number of aryl methyl sites for hydroxylation is 1. The van der Waals surface area contributed by atoms with Gasteiger partial charge in [0.1, 0.15) is 11.6 Å². The largest absolute Gasteiger partial charge is 0.383 e. The topological polar surface area (TPSA) is 99.4 Å². The Morgan fingerprint density at radius 2 is 1.66 bits per heavy atom. The van der Waals surface area contributed by atoms with Crippen LogP contribution in [-0.4, -0.2) is 59.5 Å². The first-order valence-corrected chi connectivity index (χ1v) is 16.3. The molecule has 1 aromatic carbocycles. The highest BCUT2D eigenvalue weighted by molar-refractivity contribution is 5.76. The molecule has 1 aliphatic heterocycles. The molecule has 8 nitrogen and oxygen atoms in total. The number of nitrogens with one attached hydrogen (secondary N) is 2. The predicted molar refractivity (Wildman–Crippen MR) is 170 cm³/mol. The lowest BCUT2D eigenvalue weighted by Crippen LogP contribution is -2.35. The van der Waals surface area contributed by atoms with Gasteiger partial charge in [-0.2, -0.15) is 9.97 Å². The van der Waals surface area contributed by atoms with Gasteiger partial charge >= 0.3 is 0 Å². The van der Waals surface area contributed by atoms with Crippen molar-refractivity contribution in [2.24, 2.45) is 0 Å². The van der Waals surface area contributed by atoms with E-state index in [0.717, 1.165) is 57.3 Å². The van der Waals surface area contributed by atoms with Crippen LogP contribution in [0.4, 0.5) is 17.6 Å². The Kier molecular flexibility index (Phi) is 13.0. The van der Waals surface area contributed by atoms with Crippen LogP contribution >= 0.6 is 0 Å². The van der Waals surface area contributed by atoms with E-state index in [2.05, 4.69) is 51.7 Å². The van der Waals surface area contributed by atoms with Crippen LogP contribution in [-0.2, 0) is 17.8 Å². The first-order valence-electron chi connectivity index (χ1n) is 16.3. The molecule has 41 heavy (non-hydrogen) atoms. The van der Waals surface area contributed by atoms with E-state index in [1.807, 2.05) is 11.0 Å². The van der Waals surface area contributed by atoms with Crippen molar-refractivity contribution in [1.82, 2.24) is 20.2 Å². The second-order valence-corrected chi connectivity index (χ2v) is 11.9. The molecule has 1 aromatic heterocycles. The molecule has 1 amide bonds. The van der Waals surface area contributed by atoms with E-state index >= 15 is 0 Å². The SMILES string of the molecule is CCCC(=O)N1CCCN(c2cc(N)nc(NCc3ccc(CCCCCCCNC4CCCCC4)cc3)n2)CC1. The van der Waals surface area contributed by atoms with E-state index in [1.165, 1.54) is 81.9 Å². The molecule has 226 valence electrons. The van der Waals surface area contributed by atoms with E-state index in [1.54, 1.807) is 0 Å². The molecule has 2 fully saturated rings. The molecule has 1 saturated carbocycles. The maximum Gasteiger partial charge on any atom is 0.226 e. The van der Waals surface area contributed by atoms with Crippen LogP contribution in [0.25, 0.3) is 0 Å². The van der Waals surface area contributed by atoms with E-state index in [-0.39, 0.29) is 5.91 Å². The second kappa shape index (κ2) is 17.2. The highest BCUT2D eigenvalue weighted by Gasteiger charge is 2.20. The second-order valence-electron chi connectivity index (χ2n) is 11.9. The van der Waals surface area contributed by atoms with Crippen molar-refractivity contribution in [3.63, 3.8) is 0 Å². The van der Waals surface area contributed by atoms with E-state index in [9.17, 15) is 4.79 Å². The summed E-state index contributed by atoms with van der Waals surface area (Å²) in [4.78, 5) is 25.7. The molecule has 0 bridgehead atoms. The maximum atomic E-state index is 12.3. The van der Waals surface area contributed by atoms with Crippen LogP contribution in [0.5, 0.6) is 0 Å². The summed E-state index contributed by atoms with van der Waals surface area (Å²) in [6.07, 6.45) is 17.2. The molecule has 0 radical (unpaired) electrons. The number of nitrogens with zero attached hydrogens (tertiary/aromatic N) is 4. The van der Waals surface area contributed by atoms with Crippen molar-refractivity contribution >= 4 is 23.5 Å². The number of hydrogen-bond donors (Lipinski definition) is 3. The van der Waals surface area contributed by atoms with Crippen LogP contribution in [0.15, 0.2) is 30.3 Å². The summed E-state index contributed by atoms with van der Waals surface area (Å²) in [5, 5.41) is 7.12. The normalized spacial score (nSPS) is 16.5. The molecule has 1 aliphatic carbocycles. The molecular weight excluding hydrogens is 510 g/mol. The number of benzene rings is 1. The molecule has 0 unspecified atom stereocenters. The van der Waals surface area contributed by atoms with Gasteiger partial charge < -0.3 is 26.2 Å². The Bertz CT molecular complexity index is 1040. The summed E-state index contributed by atoms with van der Waals surface area (Å²) in [6, 6.07) is 11.5. The fourth-order valence-corrected chi connectivity index (χ4v) is 6.06. The molecule has 2 aromatic rings. The van der Waals surface area contributed by atoms with E-state index < -0.39 is 0 Å². The molecule has 1 saturated heterocycles. The zero-order chi connectivity index (χ0) is 28.7. The van der Waals surface area contributed by atoms with Gasteiger partial charge in [0.05, 0.1) is 0 Å². The third kappa shape index (κ3) is 10.8. The summed E-state index contributed by atoms with van der Waals surface area (Å²) in [5.74, 6) is 2.07. The first kappa shape index (κ1) is 31.1.